The molecule has 1 aromatic carbocycles. The van der Waals surface area contributed by atoms with E-state index in [-0.39, 0.29) is 24.4 Å². The van der Waals surface area contributed by atoms with E-state index in [0.29, 0.717) is 42.9 Å². The molecule has 1 amide bonds. The molecule has 2 N–H and O–H groups in total. The van der Waals surface area contributed by atoms with E-state index in [9.17, 15) is 23.1 Å². The third-order valence-corrected chi connectivity index (χ3v) is 7.39. The van der Waals surface area contributed by atoms with Crippen molar-refractivity contribution in [3.8, 4) is 0 Å². The lowest BCUT2D eigenvalue weighted by molar-refractivity contribution is -0.141. The minimum absolute atomic E-state index is 0.142. The highest BCUT2D eigenvalue weighted by atomic mass is 19.4. The van der Waals surface area contributed by atoms with Gasteiger partial charge in [0.25, 0.3) is 5.91 Å². The largest absolute Gasteiger partial charge is 0.416 e. The first kappa shape index (κ1) is 24.7. The number of benzene rings is 1. The summed E-state index contributed by atoms with van der Waals surface area (Å²) in [6, 6.07) is 10.9. The molecule has 5 rings (SSSR count). The van der Waals surface area contributed by atoms with Crippen LogP contribution >= 0.6 is 0 Å². The number of pyridine rings is 1. The molecular weight excluding hydrogens is 473 g/mol. The summed E-state index contributed by atoms with van der Waals surface area (Å²) in [6.07, 6.45) is 0.267. The number of nitrogens with zero attached hydrogens (tertiary/aromatic N) is 3. The van der Waals surface area contributed by atoms with Crippen LogP contribution in [0.4, 0.5) is 13.2 Å². The van der Waals surface area contributed by atoms with Gasteiger partial charge in [0.2, 0.25) is 6.10 Å². The highest BCUT2D eigenvalue weighted by Gasteiger charge is 2.39. The predicted octanol–water partition coefficient (Wildman–Crippen LogP) is 3.61. The van der Waals surface area contributed by atoms with Crippen LogP contribution in [0.15, 0.2) is 53.8 Å². The molecule has 7 nitrogen and oxygen atoms in total. The zero-order valence-corrected chi connectivity index (χ0v) is 19.7. The van der Waals surface area contributed by atoms with Crippen molar-refractivity contribution < 1.29 is 27.9 Å². The molecule has 2 aliphatic heterocycles. The fourth-order valence-corrected chi connectivity index (χ4v) is 5.35. The van der Waals surface area contributed by atoms with E-state index in [4.69, 9.17) is 4.84 Å². The van der Waals surface area contributed by atoms with Crippen LogP contribution in [0.5, 0.6) is 0 Å². The van der Waals surface area contributed by atoms with Crippen molar-refractivity contribution in [2.24, 2.45) is 5.16 Å². The SMILES string of the molecule is O=C(C1CC(c2cccc(C(F)(F)F)c2)=NO1)N1CCC(NC2CCC(O)(c3ccccn3)CC2)C1. The van der Waals surface area contributed by atoms with Crippen LogP contribution in [0.2, 0.25) is 0 Å². The second-order valence-corrected chi connectivity index (χ2v) is 9.87. The zero-order valence-electron chi connectivity index (χ0n) is 19.7. The van der Waals surface area contributed by atoms with Crippen LogP contribution in [0.25, 0.3) is 0 Å². The normalized spacial score (nSPS) is 28.6. The van der Waals surface area contributed by atoms with Crippen molar-refractivity contribution in [3.05, 3.63) is 65.5 Å². The Kier molecular flexibility index (Phi) is 6.74. The maximum atomic E-state index is 13.0. The molecule has 1 saturated carbocycles. The van der Waals surface area contributed by atoms with E-state index in [2.05, 4.69) is 15.5 Å². The minimum Gasteiger partial charge on any atom is -0.384 e. The molecule has 1 aromatic heterocycles. The van der Waals surface area contributed by atoms with Gasteiger partial charge in [0.15, 0.2) is 0 Å². The van der Waals surface area contributed by atoms with E-state index in [0.717, 1.165) is 31.4 Å². The Morgan fingerprint density at radius 2 is 1.92 bits per heavy atom. The van der Waals surface area contributed by atoms with Gasteiger partial charge in [-0.3, -0.25) is 9.78 Å². The van der Waals surface area contributed by atoms with Gasteiger partial charge < -0.3 is 20.2 Å². The third-order valence-electron chi connectivity index (χ3n) is 7.39. The number of alkyl halides is 3. The molecule has 2 atom stereocenters. The number of likely N-dealkylation sites (tertiary alicyclic amines) is 1. The van der Waals surface area contributed by atoms with Gasteiger partial charge in [0.05, 0.1) is 17.0 Å². The first-order valence-electron chi connectivity index (χ1n) is 12.3. The monoisotopic (exact) mass is 502 g/mol. The lowest BCUT2D eigenvalue weighted by atomic mass is 9.79. The summed E-state index contributed by atoms with van der Waals surface area (Å²) in [4.78, 5) is 24.4. The molecule has 2 unspecified atom stereocenters. The van der Waals surface area contributed by atoms with Gasteiger partial charge in [-0.25, -0.2) is 0 Å². The minimum atomic E-state index is -4.45. The molecule has 192 valence electrons. The smallest absolute Gasteiger partial charge is 0.384 e. The van der Waals surface area contributed by atoms with Crippen LogP contribution < -0.4 is 5.32 Å². The molecule has 1 saturated heterocycles. The number of aliphatic hydroxyl groups is 1. The Labute approximate surface area is 207 Å². The van der Waals surface area contributed by atoms with Crippen LogP contribution in [-0.4, -0.2) is 57.9 Å². The topological polar surface area (TPSA) is 87.0 Å². The van der Waals surface area contributed by atoms with Crippen molar-refractivity contribution in [2.75, 3.05) is 13.1 Å². The molecule has 2 aromatic rings. The summed E-state index contributed by atoms with van der Waals surface area (Å²) in [5, 5.41) is 18.5. The third kappa shape index (κ3) is 5.24. The average molecular weight is 503 g/mol. The number of carbonyl (C=O) groups is 1. The average Bonchev–Trinajstić information content (AvgIpc) is 3.56. The Hall–Kier alpha value is -2.98. The molecule has 10 heteroatoms. The molecule has 0 bridgehead atoms. The molecule has 1 aliphatic carbocycles. The number of oxime groups is 1. The van der Waals surface area contributed by atoms with Gasteiger partial charge in [-0.15, -0.1) is 0 Å². The molecule has 0 spiro atoms. The van der Waals surface area contributed by atoms with Gasteiger partial charge >= 0.3 is 6.18 Å². The summed E-state index contributed by atoms with van der Waals surface area (Å²) in [7, 11) is 0. The summed E-state index contributed by atoms with van der Waals surface area (Å²) in [5.74, 6) is -0.196. The summed E-state index contributed by atoms with van der Waals surface area (Å²) >= 11 is 0. The number of halogens is 3. The lowest BCUT2D eigenvalue weighted by Gasteiger charge is -2.37. The molecule has 3 aliphatic rings. The van der Waals surface area contributed by atoms with Crippen molar-refractivity contribution in [1.82, 2.24) is 15.2 Å². The number of amides is 1. The van der Waals surface area contributed by atoms with E-state index in [1.54, 1.807) is 17.2 Å². The fraction of sp³-hybridized carbons (Fsp3) is 0.500. The second kappa shape index (κ2) is 9.82. The Morgan fingerprint density at radius 3 is 2.64 bits per heavy atom. The number of hydrogen-bond donors (Lipinski definition) is 2. The van der Waals surface area contributed by atoms with Crippen molar-refractivity contribution >= 4 is 11.6 Å². The first-order chi connectivity index (χ1) is 17.2. The highest BCUT2D eigenvalue weighted by molar-refractivity contribution is 6.04. The lowest BCUT2D eigenvalue weighted by Crippen LogP contribution is -2.46. The van der Waals surface area contributed by atoms with Crippen molar-refractivity contribution in [3.63, 3.8) is 0 Å². The number of nitrogens with one attached hydrogen (secondary N) is 1. The number of aromatic nitrogens is 1. The zero-order chi connectivity index (χ0) is 25.3. The van der Waals surface area contributed by atoms with Gasteiger partial charge in [0.1, 0.15) is 5.60 Å². The second-order valence-electron chi connectivity index (χ2n) is 9.87. The van der Waals surface area contributed by atoms with E-state index in [1.165, 1.54) is 6.07 Å². The quantitative estimate of drug-likeness (QED) is 0.653. The fourth-order valence-electron chi connectivity index (χ4n) is 5.35. The molecule has 2 fully saturated rings. The van der Waals surface area contributed by atoms with Crippen LogP contribution in [0, 0.1) is 0 Å². The van der Waals surface area contributed by atoms with Gasteiger partial charge in [-0.05, 0) is 56.4 Å². The van der Waals surface area contributed by atoms with Crippen molar-refractivity contribution in [1.29, 1.82) is 0 Å². The first-order valence-corrected chi connectivity index (χ1v) is 12.3. The van der Waals surface area contributed by atoms with Crippen LogP contribution in [0.3, 0.4) is 0 Å². The summed E-state index contributed by atoms with van der Waals surface area (Å²) < 4.78 is 39.1. The predicted molar refractivity (Wildman–Crippen MR) is 126 cm³/mol. The standard InChI is InChI=1S/C26H29F3N4O3/c27-26(28,29)18-5-3-4-17(14-18)21-15-22(36-32-21)24(34)33-13-9-20(16-33)31-19-7-10-25(35,11-8-19)23-6-1-2-12-30-23/h1-6,12,14,19-20,22,31,35H,7-11,13,15-16H2. The van der Waals surface area contributed by atoms with E-state index >= 15 is 0 Å². The number of hydrogen-bond acceptors (Lipinski definition) is 6. The van der Waals surface area contributed by atoms with Crippen LogP contribution in [0.1, 0.15) is 55.3 Å². The molecular formula is C26H29F3N4O3. The number of rotatable bonds is 5. The van der Waals surface area contributed by atoms with Crippen molar-refractivity contribution in [2.45, 2.75) is 68.5 Å². The molecule has 0 radical (unpaired) electrons. The van der Waals surface area contributed by atoms with E-state index < -0.39 is 23.4 Å². The Bertz CT molecular complexity index is 1120. The molecule has 36 heavy (non-hydrogen) atoms. The molecule has 3 heterocycles. The maximum absolute atomic E-state index is 13.0. The maximum Gasteiger partial charge on any atom is 0.416 e. The summed E-state index contributed by atoms with van der Waals surface area (Å²) in [5.41, 5.74) is -0.287. The Balaban J connectivity index is 1.10. The summed E-state index contributed by atoms with van der Waals surface area (Å²) in [6.45, 7) is 1.12. The Morgan fingerprint density at radius 1 is 1.11 bits per heavy atom. The van der Waals surface area contributed by atoms with E-state index in [1.807, 2.05) is 18.2 Å². The highest BCUT2D eigenvalue weighted by Crippen LogP contribution is 2.36. The van der Waals surface area contributed by atoms with Gasteiger partial charge in [-0.2, -0.15) is 13.2 Å². The van der Waals surface area contributed by atoms with Crippen LogP contribution in [-0.2, 0) is 21.4 Å². The van der Waals surface area contributed by atoms with Gasteiger partial charge in [0, 0.05) is 43.4 Å². The van der Waals surface area contributed by atoms with Gasteiger partial charge in [-0.1, -0.05) is 23.4 Å². The number of carbonyl (C=O) groups excluding carboxylic acids is 1.